The average Bonchev–Trinajstić information content (AvgIpc) is 3.06. The molecule has 1 unspecified atom stereocenters. The highest BCUT2D eigenvalue weighted by atomic mass is 35.5. The molecule has 1 saturated heterocycles. The predicted octanol–water partition coefficient (Wildman–Crippen LogP) is 4.82. The molecule has 0 saturated carbocycles. The van der Waals surface area contributed by atoms with E-state index in [-0.39, 0.29) is 23.5 Å². The lowest BCUT2D eigenvalue weighted by Gasteiger charge is -2.29. The minimum Gasteiger partial charge on any atom is -0.314 e. The Kier molecular flexibility index (Phi) is 5.74. The van der Waals surface area contributed by atoms with Crippen molar-refractivity contribution in [2.24, 2.45) is 0 Å². The van der Waals surface area contributed by atoms with Gasteiger partial charge in [-0.2, -0.15) is 13.2 Å². The molecule has 1 aliphatic heterocycles. The highest BCUT2D eigenvalue weighted by Gasteiger charge is 2.35. The Bertz CT molecular complexity index is 824. The van der Waals surface area contributed by atoms with Gasteiger partial charge in [0.05, 0.1) is 10.6 Å². The summed E-state index contributed by atoms with van der Waals surface area (Å²) in [6.45, 7) is 1.54. The van der Waals surface area contributed by atoms with Gasteiger partial charge in [-0.05, 0) is 42.4 Å². The van der Waals surface area contributed by atoms with Crippen LogP contribution in [0.3, 0.4) is 0 Å². The predicted molar refractivity (Wildman–Crippen MR) is 93.7 cm³/mol. The molecule has 2 aromatic carbocycles. The summed E-state index contributed by atoms with van der Waals surface area (Å²) >= 11 is 5.74. The summed E-state index contributed by atoms with van der Waals surface area (Å²) in [7, 11) is 1.81. The zero-order valence-electron chi connectivity index (χ0n) is 14.5. The first-order valence-electron chi connectivity index (χ1n) is 8.38. The first-order valence-corrected chi connectivity index (χ1v) is 8.76. The fourth-order valence-electron chi connectivity index (χ4n) is 3.50. The molecule has 0 aliphatic carbocycles. The van der Waals surface area contributed by atoms with E-state index in [0.29, 0.717) is 18.7 Å². The first-order chi connectivity index (χ1) is 12.7. The Morgan fingerprint density at radius 1 is 1.07 bits per heavy atom. The number of likely N-dealkylation sites (N-methyl/N-ethyl adjacent to an activating group) is 1. The maximum Gasteiger partial charge on any atom is 0.419 e. The Morgan fingerprint density at radius 2 is 1.81 bits per heavy atom. The van der Waals surface area contributed by atoms with E-state index in [1.807, 2.05) is 11.9 Å². The molecule has 146 valence electrons. The largest absolute Gasteiger partial charge is 0.419 e. The third-order valence-electron chi connectivity index (χ3n) is 4.89. The molecule has 3 rings (SSSR count). The third-order valence-corrected chi connectivity index (χ3v) is 5.20. The number of halogens is 6. The van der Waals surface area contributed by atoms with E-state index in [2.05, 4.69) is 5.32 Å². The van der Waals surface area contributed by atoms with Crippen molar-refractivity contribution >= 4 is 11.6 Å². The zero-order chi connectivity index (χ0) is 19.8. The maximum absolute atomic E-state index is 13.8. The molecule has 1 heterocycles. The molecule has 1 aliphatic rings. The van der Waals surface area contributed by atoms with Gasteiger partial charge in [0.15, 0.2) is 0 Å². The molecule has 2 aromatic rings. The van der Waals surface area contributed by atoms with E-state index < -0.39 is 23.4 Å². The van der Waals surface area contributed by atoms with Crippen LogP contribution in [0.4, 0.5) is 22.0 Å². The average molecular weight is 405 g/mol. The van der Waals surface area contributed by atoms with Crippen LogP contribution in [0.15, 0.2) is 36.4 Å². The molecule has 1 fully saturated rings. The number of nitrogens with zero attached hydrogens (tertiary/aromatic N) is 1. The quantitative estimate of drug-likeness (QED) is 0.735. The number of benzene rings is 2. The number of rotatable bonds is 4. The summed E-state index contributed by atoms with van der Waals surface area (Å²) in [5.74, 6) is -1.79. The van der Waals surface area contributed by atoms with Crippen molar-refractivity contribution in [1.82, 2.24) is 10.2 Å². The first kappa shape index (κ1) is 20.0. The van der Waals surface area contributed by atoms with Crippen molar-refractivity contribution in [1.29, 1.82) is 0 Å². The molecular weight excluding hydrogens is 387 g/mol. The monoisotopic (exact) mass is 404 g/mol. The lowest BCUT2D eigenvalue weighted by Crippen LogP contribution is -2.36. The van der Waals surface area contributed by atoms with Gasteiger partial charge in [-0.15, -0.1) is 0 Å². The number of nitrogens with one attached hydrogen (secondary N) is 1. The van der Waals surface area contributed by atoms with Gasteiger partial charge in [0.1, 0.15) is 11.6 Å². The van der Waals surface area contributed by atoms with Crippen LogP contribution in [0, 0.1) is 11.6 Å². The van der Waals surface area contributed by atoms with Crippen LogP contribution in [0.1, 0.15) is 22.6 Å². The normalized spacial score (nSPS) is 20.4. The van der Waals surface area contributed by atoms with Crippen molar-refractivity contribution in [3.8, 4) is 0 Å². The second-order valence-corrected chi connectivity index (χ2v) is 7.14. The van der Waals surface area contributed by atoms with Crippen LogP contribution in [-0.4, -0.2) is 31.1 Å². The van der Waals surface area contributed by atoms with E-state index >= 15 is 0 Å². The fourth-order valence-corrected chi connectivity index (χ4v) is 3.62. The van der Waals surface area contributed by atoms with Gasteiger partial charge in [0, 0.05) is 31.6 Å². The standard InChI is InChI=1S/C19H18ClF5N2/c1-27(10-11-2-4-14(16(21)6-11)19(23,24)25)18-9-26-8-13(18)12-3-5-15(20)17(22)7-12/h2-7,13,18,26H,8-10H2,1H3/t13-,18?/m1/s1. The summed E-state index contributed by atoms with van der Waals surface area (Å²) in [6.07, 6.45) is -4.71. The van der Waals surface area contributed by atoms with Crippen LogP contribution >= 0.6 is 11.6 Å². The van der Waals surface area contributed by atoms with Crippen molar-refractivity contribution in [3.05, 3.63) is 69.7 Å². The number of alkyl halides is 3. The summed E-state index contributed by atoms with van der Waals surface area (Å²) in [4.78, 5) is 1.93. The van der Waals surface area contributed by atoms with Crippen molar-refractivity contribution in [3.63, 3.8) is 0 Å². The molecule has 0 amide bonds. The second-order valence-electron chi connectivity index (χ2n) is 6.73. The Labute approximate surface area is 158 Å². The van der Waals surface area contributed by atoms with Crippen LogP contribution in [0.5, 0.6) is 0 Å². The lowest BCUT2D eigenvalue weighted by atomic mass is 9.93. The lowest BCUT2D eigenvalue weighted by molar-refractivity contribution is -0.140. The van der Waals surface area contributed by atoms with Gasteiger partial charge in [0.25, 0.3) is 0 Å². The van der Waals surface area contributed by atoms with E-state index in [1.165, 1.54) is 18.2 Å². The van der Waals surface area contributed by atoms with E-state index in [1.54, 1.807) is 6.07 Å². The molecule has 0 radical (unpaired) electrons. The Morgan fingerprint density at radius 3 is 2.44 bits per heavy atom. The van der Waals surface area contributed by atoms with Crippen molar-refractivity contribution in [2.45, 2.75) is 24.7 Å². The molecular formula is C19H18ClF5N2. The minimum absolute atomic E-state index is 0.0129. The van der Waals surface area contributed by atoms with Gasteiger partial charge in [-0.25, -0.2) is 8.78 Å². The molecule has 2 nitrogen and oxygen atoms in total. The SMILES string of the molecule is CN(Cc1ccc(C(F)(F)F)c(F)c1)C1CNC[C@@H]1c1ccc(Cl)c(F)c1. The number of hydrogen-bond donors (Lipinski definition) is 1. The van der Waals surface area contributed by atoms with Crippen LogP contribution in [-0.2, 0) is 12.7 Å². The topological polar surface area (TPSA) is 15.3 Å². The Hall–Kier alpha value is -1.70. The summed E-state index contributed by atoms with van der Waals surface area (Å²) in [5, 5.41) is 3.29. The molecule has 27 heavy (non-hydrogen) atoms. The van der Waals surface area contributed by atoms with Crippen molar-refractivity contribution < 1.29 is 22.0 Å². The van der Waals surface area contributed by atoms with Gasteiger partial charge in [-0.1, -0.05) is 23.7 Å². The second kappa shape index (κ2) is 7.73. The zero-order valence-corrected chi connectivity index (χ0v) is 15.2. The third kappa shape index (κ3) is 4.42. The van der Waals surface area contributed by atoms with E-state index in [0.717, 1.165) is 17.7 Å². The highest BCUT2D eigenvalue weighted by molar-refractivity contribution is 6.30. The summed E-state index contributed by atoms with van der Waals surface area (Å²) in [6, 6.07) is 7.61. The maximum atomic E-state index is 13.8. The molecule has 8 heteroatoms. The molecule has 1 N–H and O–H groups in total. The molecule has 0 spiro atoms. The number of hydrogen-bond acceptors (Lipinski definition) is 2. The Balaban J connectivity index is 1.76. The molecule has 2 atom stereocenters. The van der Waals surface area contributed by atoms with Gasteiger partial charge in [0.2, 0.25) is 0 Å². The summed E-state index contributed by atoms with van der Waals surface area (Å²) in [5.41, 5.74) is -0.0424. The summed E-state index contributed by atoms with van der Waals surface area (Å²) < 4.78 is 65.6. The molecule has 0 aromatic heterocycles. The van der Waals surface area contributed by atoms with E-state index in [9.17, 15) is 22.0 Å². The minimum atomic E-state index is -4.71. The van der Waals surface area contributed by atoms with Crippen molar-refractivity contribution in [2.75, 3.05) is 20.1 Å². The highest BCUT2D eigenvalue weighted by Crippen LogP contribution is 2.33. The van der Waals surface area contributed by atoms with E-state index in [4.69, 9.17) is 11.6 Å². The fraction of sp³-hybridized carbons (Fsp3) is 0.368. The smallest absolute Gasteiger partial charge is 0.314 e. The van der Waals surface area contributed by atoms with Gasteiger partial charge in [-0.3, -0.25) is 4.90 Å². The van der Waals surface area contributed by atoms with Crippen LogP contribution in [0.25, 0.3) is 0 Å². The van der Waals surface area contributed by atoms with Gasteiger partial charge >= 0.3 is 6.18 Å². The van der Waals surface area contributed by atoms with Gasteiger partial charge < -0.3 is 5.32 Å². The van der Waals surface area contributed by atoms with Crippen LogP contribution < -0.4 is 5.32 Å². The van der Waals surface area contributed by atoms with Crippen LogP contribution in [0.2, 0.25) is 5.02 Å². The molecule has 0 bridgehead atoms.